The Hall–Kier alpha value is -1.16. The molecule has 0 aromatic heterocycles. The molecule has 0 heterocycles. The molecule has 0 radical (unpaired) electrons. The average molecular weight is 213 g/mol. The number of aromatic hydroxyl groups is 1. The van der Waals surface area contributed by atoms with Gasteiger partial charge in [0.15, 0.2) is 0 Å². The van der Waals surface area contributed by atoms with Crippen molar-refractivity contribution < 1.29 is 13.9 Å². The molecule has 0 spiro atoms. The number of phenolic OH excluding ortho intramolecular Hbond substituents is 1. The number of rotatable bonds is 2. The van der Waals surface area contributed by atoms with Crippen molar-refractivity contribution >= 4 is 0 Å². The van der Waals surface area contributed by atoms with Crippen molar-refractivity contribution in [2.24, 2.45) is 5.73 Å². The third kappa shape index (κ3) is 1.49. The van der Waals surface area contributed by atoms with E-state index in [-0.39, 0.29) is 17.9 Å². The smallest absolute Gasteiger partial charge is 0.133 e. The summed E-state index contributed by atoms with van der Waals surface area (Å²) in [5, 5.41) is 9.57. The first-order valence-electron chi connectivity index (χ1n) is 4.98. The number of phenols is 1. The van der Waals surface area contributed by atoms with Crippen LogP contribution in [0.2, 0.25) is 0 Å². The quantitative estimate of drug-likeness (QED) is 0.789. The minimum absolute atomic E-state index is 0.178. The van der Waals surface area contributed by atoms with E-state index in [9.17, 15) is 13.9 Å². The van der Waals surface area contributed by atoms with Crippen LogP contribution in [0, 0.1) is 11.6 Å². The van der Waals surface area contributed by atoms with Crippen molar-refractivity contribution in [2.45, 2.75) is 24.7 Å². The highest BCUT2D eigenvalue weighted by atomic mass is 19.1. The number of benzene rings is 1. The van der Waals surface area contributed by atoms with E-state index in [4.69, 9.17) is 5.73 Å². The largest absolute Gasteiger partial charge is 0.507 e. The van der Waals surface area contributed by atoms with Crippen molar-refractivity contribution in [3.63, 3.8) is 0 Å². The van der Waals surface area contributed by atoms with Gasteiger partial charge in [-0.15, -0.1) is 0 Å². The van der Waals surface area contributed by atoms with Crippen LogP contribution in [0.15, 0.2) is 12.1 Å². The summed E-state index contributed by atoms with van der Waals surface area (Å²) in [5.74, 6) is -1.78. The van der Waals surface area contributed by atoms with Crippen LogP contribution in [0.5, 0.6) is 5.75 Å². The maximum Gasteiger partial charge on any atom is 0.133 e. The van der Waals surface area contributed by atoms with E-state index in [1.54, 1.807) is 0 Å². The molecule has 0 aliphatic heterocycles. The molecule has 0 saturated heterocycles. The fourth-order valence-corrected chi connectivity index (χ4v) is 2.24. The zero-order valence-electron chi connectivity index (χ0n) is 8.26. The van der Waals surface area contributed by atoms with Crippen LogP contribution >= 0.6 is 0 Å². The standard InChI is InChI=1S/C11H13F2NO/c12-7-4-8(13)10(9(15)5-7)11(6-14)2-1-3-11/h4-5,15H,1-3,6,14H2. The van der Waals surface area contributed by atoms with Crippen molar-refractivity contribution in [1.82, 2.24) is 0 Å². The lowest BCUT2D eigenvalue weighted by Gasteiger charge is -2.41. The Morgan fingerprint density at radius 3 is 2.40 bits per heavy atom. The first kappa shape index (κ1) is 10.4. The predicted octanol–water partition coefficient (Wildman–Crippen LogP) is 2.05. The summed E-state index contributed by atoms with van der Waals surface area (Å²) in [6.45, 7) is 0.281. The molecule has 1 aliphatic rings. The second-order valence-electron chi connectivity index (χ2n) is 4.12. The van der Waals surface area contributed by atoms with Crippen LogP contribution in [0.1, 0.15) is 24.8 Å². The van der Waals surface area contributed by atoms with Crippen LogP contribution < -0.4 is 5.73 Å². The SMILES string of the molecule is NCC1(c2c(O)cc(F)cc2F)CCC1. The van der Waals surface area contributed by atoms with Gasteiger partial charge in [0.1, 0.15) is 17.4 Å². The monoisotopic (exact) mass is 213 g/mol. The Morgan fingerprint density at radius 2 is 2.00 bits per heavy atom. The molecule has 4 heteroatoms. The van der Waals surface area contributed by atoms with E-state index < -0.39 is 17.0 Å². The zero-order chi connectivity index (χ0) is 11.1. The average Bonchev–Trinajstić information content (AvgIpc) is 2.07. The summed E-state index contributed by atoms with van der Waals surface area (Å²) >= 11 is 0. The number of hydrogen-bond acceptors (Lipinski definition) is 2. The molecule has 1 aromatic carbocycles. The second kappa shape index (κ2) is 3.45. The summed E-state index contributed by atoms with van der Waals surface area (Å²) in [5.41, 5.74) is 5.30. The topological polar surface area (TPSA) is 46.2 Å². The lowest BCUT2D eigenvalue weighted by molar-refractivity contribution is 0.235. The Morgan fingerprint density at radius 1 is 1.33 bits per heavy atom. The molecule has 82 valence electrons. The second-order valence-corrected chi connectivity index (χ2v) is 4.12. The predicted molar refractivity (Wildman–Crippen MR) is 52.6 cm³/mol. The van der Waals surface area contributed by atoms with Gasteiger partial charge in [0, 0.05) is 29.7 Å². The van der Waals surface area contributed by atoms with E-state index >= 15 is 0 Å². The van der Waals surface area contributed by atoms with E-state index in [0.717, 1.165) is 31.4 Å². The molecule has 1 fully saturated rings. The molecule has 2 nitrogen and oxygen atoms in total. The fourth-order valence-electron chi connectivity index (χ4n) is 2.24. The Bertz CT molecular complexity index is 360. The summed E-state index contributed by atoms with van der Waals surface area (Å²) in [4.78, 5) is 0. The summed E-state index contributed by atoms with van der Waals surface area (Å²) in [6, 6.07) is 1.74. The lowest BCUT2D eigenvalue weighted by atomic mass is 9.64. The number of nitrogens with two attached hydrogens (primary N) is 1. The van der Waals surface area contributed by atoms with Gasteiger partial charge in [0.05, 0.1) is 0 Å². The fraction of sp³-hybridized carbons (Fsp3) is 0.455. The molecule has 0 atom stereocenters. The Labute approximate surface area is 86.7 Å². The van der Waals surface area contributed by atoms with E-state index in [1.165, 1.54) is 0 Å². The third-order valence-electron chi connectivity index (χ3n) is 3.27. The molecule has 1 aromatic rings. The molecular weight excluding hydrogens is 200 g/mol. The molecule has 3 N–H and O–H groups in total. The van der Waals surface area contributed by atoms with Gasteiger partial charge in [-0.25, -0.2) is 8.78 Å². The van der Waals surface area contributed by atoms with Gasteiger partial charge in [-0.2, -0.15) is 0 Å². The molecule has 1 aliphatic carbocycles. The molecule has 15 heavy (non-hydrogen) atoms. The molecule has 1 saturated carbocycles. The van der Waals surface area contributed by atoms with Gasteiger partial charge in [-0.05, 0) is 12.8 Å². The molecule has 2 rings (SSSR count). The highest BCUT2D eigenvalue weighted by Gasteiger charge is 2.41. The van der Waals surface area contributed by atoms with Gasteiger partial charge < -0.3 is 10.8 Å². The summed E-state index contributed by atoms with van der Waals surface area (Å²) in [6.07, 6.45) is 2.46. The minimum atomic E-state index is -0.764. The van der Waals surface area contributed by atoms with E-state index in [0.29, 0.717) is 0 Å². The van der Waals surface area contributed by atoms with Gasteiger partial charge in [0.2, 0.25) is 0 Å². The van der Waals surface area contributed by atoms with Crippen LogP contribution in [0.3, 0.4) is 0 Å². The van der Waals surface area contributed by atoms with Crippen molar-refractivity contribution in [3.8, 4) is 5.75 Å². The first-order valence-corrected chi connectivity index (χ1v) is 4.98. The maximum absolute atomic E-state index is 13.6. The van der Waals surface area contributed by atoms with E-state index in [2.05, 4.69) is 0 Å². The number of halogens is 2. The van der Waals surface area contributed by atoms with Gasteiger partial charge in [-0.3, -0.25) is 0 Å². The van der Waals surface area contributed by atoms with Gasteiger partial charge >= 0.3 is 0 Å². The zero-order valence-corrected chi connectivity index (χ0v) is 8.26. The van der Waals surface area contributed by atoms with Crippen LogP contribution in [-0.2, 0) is 5.41 Å². The molecule has 0 unspecified atom stereocenters. The van der Waals surface area contributed by atoms with Crippen LogP contribution in [-0.4, -0.2) is 11.7 Å². The van der Waals surface area contributed by atoms with Crippen LogP contribution in [0.4, 0.5) is 8.78 Å². The van der Waals surface area contributed by atoms with E-state index in [1.807, 2.05) is 0 Å². The Balaban J connectivity index is 2.52. The molecule has 0 amide bonds. The van der Waals surface area contributed by atoms with Gasteiger partial charge in [0.25, 0.3) is 0 Å². The van der Waals surface area contributed by atoms with Crippen LogP contribution in [0.25, 0.3) is 0 Å². The number of hydrogen-bond donors (Lipinski definition) is 2. The summed E-state index contributed by atoms with van der Waals surface area (Å²) < 4.78 is 26.4. The maximum atomic E-state index is 13.6. The lowest BCUT2D eigenvalue weighted by Crippen LogP contribution is -2.42. The molecule has 0 bridgehead atoms. The van der Waals surface area contributed by atoms with Crippen molar-refractivity contribution in [2.75, 3.05) is 6.54 Å². The highest BCUT2D eigenvalue weighted by Crippen LogP contribution is 2.47. The van der Waals surface area contributed by atoms with Gasteiger partial charge in [-0.1, -0.05) is 6.42 Å². The highest BCUT2D eigenvalue weighted by molar-refractivity contribution is 5.42. The van der Waals surface area contributed by atoms with Crippen molar-refractivity contribution in [1.29, 1.82) is 0 Å². The molecular formula is C11H13F2NO. The van der Waals surface area contributed by atoms with Crippen molar-refractivity contribution in [3.05, 3.63) is 29.3 Å². The first-order chi connectivity index (χ1) is 7.09. The normalized spacial score (nSPS) is 18.6. The summed E-state index contributed by atoms with van der Waals surface area (Å²) in [7, 11) is 0. The third-order valence-corrected chi connectivity index (χ3v) is 3.27. The minimum Gasteiger partial charge on any atom is -0.507 e. The Kier molecular flexibility index (Phi) is 2.38.